The Labute approximate surface area is 117 Å². The summed E-state index contributed by atoms with van der Waals surface area (Å²) in [6, 6.07) is 4.76. The lowest BCUT2D eigenvalue weighted by molar-refractivity contribution is 0.0695. The zero-order chi connectivity index (χ0) is 13.5. The Morgan fingerprint density at radius 3 is 2.78 bits per heavy atom. The van der Waals surface area contributed by atoms with Gasteiger partial charge in [-0.3, -0.25) is 4.21 Å². The van der Waals surface area contributed by atoms with Crippen molar-refractivity contribution in [3.63, 3.8) is 0 Å². The number of unbranched alkanes of at least 4 members (excludes halogenated alkanes) is 1. The fraction of sp³-hybridized carbons (Fsp3) is 0.417. The number of ether oxygens (including phenoxy) is 1. The third-order valence-corrected chi connectivity index (χ3v) is 4.49. The van der Waals surface area contributed by atoms with E-state index in [4.69, 9.17) is 9.84 Å². The predicted molar refractivity (Wildman–Crippen MR) is 73.5 cm³/mol. The molecule has 1 rings (SSSR count). The van der Waals surface area contributed by atoms with Crippen LogP contribution in [-0.2, 0) is 15.5 Å². The second-order valence-electron chi connectivity index (χ2n) is 3.70. The number of aromatic carboxylic acids is 1. The third-order valence-electron chi connectivity index (χ3n) is 2.36. The maximum atomic E-state index is 12.0. The molecule has 1 atom stereocenters. The minimum atomic E-state index is -1.16. The van der Waals surface area contributed by atoms with Crippen LogP contribution in [0.5, 0.6) is 0 Å². The number of halogens is 1. The molecule has 0 radical (unpaired) electrons. The molecule has 0 aromatic heterocycles. The molecule has 0 saturated heterocycles. The molecule has 1 N–H and O–H groups in total. The summed E-state index contributed by atoms with van der Waals surface area (Å²) in [4.78, 5) is 11.5. The number of benzene rings is 1. The van der Waals surface area contributed by atoms with Gasteiger partial charge in [-0.1, -0.05) is 0 Å². The molecule has 0 aliphatic carbocycles. The van der Waals surface area contributed by atoms with Gasteiger partial charge in [0, 0.05) is 28.8 Å². The van der Waals surface area contributed by atoms with Gasteiger partial charge in [0.05, 0.1) is 16.4 Å². The Kier molecular flexibility index (Phi) is 6.52. The third kappa shape index (κ3) is 4.51. The molecule has 0 fully saturated rings. The number of methoxy groups -OCH3 is 1. The number of rotatable bonds is 7. The van der Waals surface area contributed by atoms with Crippen LogP contribution in [0.15, 0.2) is 27.6 Å². The molecular weight excluding hydrogens is 320 g/mol. The summed E-state index contributed by atoms with van der Waals surface area (Å²) in [6.45, 7) is 0.651. The fourth-order valence-corrected chi connectivity index (χ4v) is 2.99. The number of carboxylic acids is 1. The average molecular weight is 335 g/mol. The highest BCUT2D eigenvalue weighted by Crippen LogP contribution is 2.20. The largest absolute Gasteiger partial charge is 0.478 e. The highest BCUT2D eigenvalue weighted by molar-refractivity contribution is 9.10. The van der Waals surface area contributed by atoms with Crippen LogP contribution in [0.1, 0.15) is 23.2 Å². The molecule has 0 aliphatic heterocycles. The second-order valence-corrected chi connectivity index (χ2v) is 6.12. The zero-order valence-corrected chi connectivity index (χ0v) is 12.4. The normalized spacial score (nSPS) is 12.3. The van der Waals surface area contributed by atoms with Gasteiger partial charge in [0.1, 0.15) is 0 Å². The van der Waals surface area contributed by atoms with Crippen molar-refractivity contribution in [1.82, 2.24) is 0 Å². The number of carbonyl (C=O) groups is 1. The first-order chi connectivity index (χ1) is 8.56. The topological polar surface area (TPSA) is 63.6 Å². The summed E-state index contributed by atoms with van der Waals surface area (Å²) >= 11 is 3.16. The molecule has 4 nitrogen and oxygen atoms in total. The van der Waals surface area contributed by atoms with Crippen LogP contribution in [0.25, 0.3) is 0 Å². The van der Waals surface area contributed by atoms with Crippen molar-refractivity contribution in [2.45, 2.75) is 17.7 Å². The number of hydrogen-bond acceptors (Lipinski definition) is 3. The van der Waals surface area contributed by atoms with Gasteiger partial charge in [0.25, 0.3) is 0 Å². The monoisotopic (exact) mass is 334 g/mol. The average Bonchev–Trinajstić information content (AvgIpc) is 2.34. The highest BCUT2D eigenvalue weighted by Gasteiger charge is 2.12. The van der Waals surface area contributed by atoms with E-state index in [1.807, 2.05) is 0 Å². The Morgan fingerprint density at radius 2 is 2.17 bits per heavy atom. The van der Waals surface area contributed by atoms with E-state index < -0.39 is 16.8 Å². The van der Waals surface area contributed by atoms with Gasteiger partial charge >= 0.3 is 5.97 Å². The molecule has 100 valence electrons. The first-order valence-corrected chi connectivity index (χ1v) is 7.57. The van der Waals surface area contributed by atoms with E-state index in [0.29, 0.717) is 21.7 Å². The summed E-state index contributed by atoms with van der Waals surface area (Å²) in [6.07, 6.45) is 1.64. The lowest BCUT2D eigenvalue weighted by atomic mass is 10.2. The van der Waals surface area contributed by atoms with E-state index in [0.717, 1.165) is 12.8 Å². The molecule has 0 aliphatic rings. The van der Waals surface area contributed by atoms with Gasteiger partial charge in [-0.2, -0.15) is 0 Å². The molecule has 18 heavy (non-hydrogen) atoms. The molecule has 6 heteroatoms. The quantitative estimate of drug-likeness (QED) is 0.778. The van der Waals surface area contributed by atoms with Crippen LogP contribution in [0.2, 0.25) is 0 Å². The van der Waals surface area contributed by atoms with Crippen molar-refractivity contribution in [2.75, 3.05) is 19.5 Å². The molecule has 1 unspecified atom stereocenters. The summed E-state index contributed by atoms with van der Waals surface area (Å²) in [5.74, 6) is -0.510. The number of carboxylic acid groups (broad SMARTS) is 1. The molecule has 0 saturated carbocycles. The summed E-state index contributed by atoms with van der Waals surface area (Å²) in [7, 11) is 0.468. The SMILES string of the molecule is COCCCCS(=O)c1ccc(Br)c(C(=O)O)c1. The summed E-state index contributed by atoms with van der Waals surface area (Å²) < 4.78 is 17.4. The van der Waals surface area contributed by atoms with E-state index in [1.54, 1.807) is 19.2 Å². The number of hydrogen-bond donors (Lipinski definition) is 1. The van der Waals surface area contributed by atoms with E-state index in [9.17, 15) is 9.00 Å². The van der Waals surface area contributed by atoms with E-state index >= 15 is 0 Å². The van der Waals surface area contributed by atoms with Crippen LogP contribution in [0, 0.1) is 0 Å². The van der Waals surface area contributed by atoms with Gasteiger partial charge < -0.3 is 9.84 Å². The van der Waals surface area contributed by atoms with Crippen LogP contribution in [0.4, 0.5) is 0 Å². The lowest BCUT2D eigenvalue weighted by Gasteiger charge is -2.05. The smallest absolute Gasteiger partial charge is 0.336 e. The second kappa shape index (κ2) is 7.66. The van der Waals surface area contributed by atoms with E-state index in [-0.39, 0.29) is 5.56 Å². The zero-order valence-electron chi connectivity index (χ0n) is 10.0. The Bertz CT molecular complexity index is 448. The van der Waals surface area contributed by atoms with Gasteiger partial charge in [0.2, 0.25) is 0 Å². The van der Waals surface area contributed by atoms with Gasteiger partial charge in [-0.05, 0) is 47.0 Å². The van der Waals surface area contributed by atoms with Crippen molar-refractivity contribution >= 4 is 32.7 Å². The van der Waals surface area contributed by atoms with Crippen LogP contribution in [-0.4, -0.2) is 34.8 Å². The van der Waals surface area contributed by atoms with E-state index in [1.165, 1.54) is 6.07 Å². The molecular formula is C12H15BrO4S. The minimum Gasteiger partial charge on any atom is -0.478 e. The van der Waals surface area contributed by atoms with Crippen LogP contribution >= 0.6 is 15.9 Å². The van der Waals surface area contributed by atoms with Gasteiger partial charge in [-0.25, -0.2) is 4.79 Å². The molecule has 0 bridgehead atoms. The van der Waals surface area contributed by atoms with Crippen molar-refractivity contribution in [3.05, 3.63) is 28.2 Å². The van der Waals surface area contributed by atoms with Crippen molar-refractivity contribution < 1.29 is 18.8 Å². The van der Waals surface area contributed by atoms with Crippen LogP contribution < -0.4 is 0 Å². The van der Waals surface area contributed by atoms with E-state index in [2.05, 4.69) is 15.9 Å². The first kappa shape index (κ1) is 15.3. The van der Waals surface area contributed by atoms with Crippen molar-refractivity contribution in [1.29, 1.82) is 0 Å². The fourth-order valence-electron chi connectivity index (χ4n) is 1.41. The molecule has 1 aromatic carbocycles. The molecule has 0 amide bonds. The lowest BCUT2D eigenvalue weighted by Crippen LogP contribution is -2.03. The summed E-state index contributed by atoms with van der Waals surface area (Å²) in [5, 5.41) is 8.97. The standard InChI is InChI=1S/C12H15BrO4S/c1-17-6-2-3-7-18(16)9-4-5-11(13)10(8-9)12(14)15/h4-5,8H,2-3,6-7H2,1H3,(H,14,15). The Hall–Kier alpha value is -0.720. The summed E-state index contributed by atoms with van der Waals surface area (Å²) in [5.41, 5.74) is 0.137. The molecule has 0 heterocycles. The maximum Gasteiger partial charge on any atom is 0.336 e. The van der Waals surface area contributed by atoms with Crippen LogP contribution in [0.3, 0.4) is 0 Å². The van der Waals surface area contributed by atoms with Crippen molar-refractivity contribution in [3.8, 4) is 0 Å². The Morgan fingerprint density at radius 1 is 1.44 bits per heavy atom. The molecule has 0 spiro atoms. The van der Waals surface area contributed by atoms with Gasteiger partial charge in [0.15, 0.2) is 0 Å². The predicted octanol–water partition coefficient (Wildman–Crippen LogP) is 2.68. The highest BCUT2D eigenvalue weighted by atomic mass is 79.9. The maximum absolute atomic E-state index is 12.0. The minimum absolute atomic E-state index is 0.137. The Balaban J connectivity index is 2.68. The van der Waals surface area contributed by atoms with Gasteiger partial charge in [-0.15, -0.1) is 0 Å². The molecule has 1 aromatic rings. The first-order valence-electron chi connectivity index (χ1n) is 5.46. The van der Waals surface area contributed by atoms with Crippen molar-refractivity contribution in [2.24, 2.45) is 0 Å².